The molecule has 1 aliphatic rings. The maximum Gasteiger partial charge on any atom is 0.243 e. The van der Waals surface area contributed by atoms with Gasteiger partial charge in [-0.25, -0.2) is 13.6 Å². The summed E-state index contributed by atoms with van der Waals surface area (Å²) in [5, 5.41) is 14.8. The third-order valence-corrected chi connectivity index (χ3v) is 4.75. The van der Waals surface area contributed by atoms with Crippen LogP contribution in [0.5, 0.6) is 5.75 Å². The number of sulfonamides is 1. The van der Waals surface area contributed by atoms with Crippen molar-refractivity contribution in [1.29, 1.82) is 0 Å². The van der Waals surface area contributed by atoms with Crippen molar-refractivity contribution < 1.29 is 13.5 Å². The smallest absolute Gasteiger partial charge is 0.243 e. The third-order valence-electron chi connectivity index (χ3n) is 3.36. The quantitative estimate of drug-likeness (QED) is 0.571. The molecule has 1 aromatic rings. The first-order chi connectivity index (χ1) is 8.32. The number of halogens is 1. The maximum absolute atomic E-state index is 11.3. The van der Waals surface area contributed by atoms with Gasteiger partial charge in [0, 0.05) is 0 Å². The van der Waals surface area contributed by atoms with E-state index < -0.39 is 20.7 Å². The Morgan fingerprint density at radius 1 is 1.33 bits per heavy atom. The van der Waals surface area contributed by atoms with Crippen LogP contribution in [-0.4, -0.2) is 13.5 Å². The maximum atomic E-state index is 11.3. The molecule has 5 N–H and O–H groups in total. The van der Waals surface area contributed by atoms with Gasteiger partial charge < -0.3 is 10.8 Å². The van der Waals surface area contributed by atoms with Crippen molar-refractivity contribution in [3.63, 3.8) is 0 Å². The number of hydrogen-bond acceptors (Lipinski definition) is 4. The van der Waals surface area contributed by atoms with Crippen LogP contribution < -0.4 is 10.9 Å². The Bertz CT molecular complexity index is 580. The van der Waals surface area contributed by atoms with E-state index in [0.717, 1.165) is 25.7 Å². The molecule has 0 aliphatic heterocycles. The molecule has 0 radical (unpaired) electrons. The lowest BCUT2D eigenvalue weighted by Crippen LogP contribution is -2.14. The highest BCUT2D eigenvalue weighted by Crippen LogP contribution is 2.44. The van der Waals surface area contributed by atoms with E-state index in [0.29, 0.717) is 5.56 Å². The normalized spacial score (nSPS) is 17.2. The molecule has 18 heavy (non-hydrogen) atoms. The van der Waals surface area contributed by atoms with Gasteiger partial charge in [0.2, 0.25) is 10.0 Å². The SMILES string of the molecule is Nc1c(C2CCCC2)cc(Cl)c(S(N)(=O)=O)c1O. The van der Waals surface area contributed by atoms with Crippen LogP contribution in [0, 0.1) is 0 Å². The summed E-state index contributed by atoms with van der Waals surface area (Å²) in [6.45, 7) is 0. The molecule has 1 saturated carbocycles. The number of nitrogens with two attached hydrogens (primary N) is 2. The summed E-state index contributed by atoms with van der Waals surface area (Å²) in [6, 6.07) is 1.51. The highest BCUT2D eigenvalue weighted by molar-refractivity contribution is 7.89. The van der Waals surface area contributed by atoms with Crippen molar-refractivity contribution in [2.75, 3.05) is 5.73 Å². The molecule has 0 bridgehead atoms. The predicted octanol–water partition coefficient (Wildman–Crippen LogP) is 1.93. The van der Waals surface area contributed by atoms with Crippen molar-refractivity contribution >= 4 is 27.3 Å². The van der Waals surface area contributed by atoms with Gasteiger partial charge in [0.1, 0.15) is 4.90 Å². The van der Waals surface area contributed by atoms with Crippen LogP contribution in [0.4, 0.5) is 5.69 Å². The van der Waals surface area contributed by atoms with Gasteiger partial charge >= 0.3 is 0 Å². The van der Waals surface area contributed by atoms with E-state index >= 15 is 0 Å². The fraction of sp³-hybridized carbons (Fsp3) is 0.455. The number of rotatable bonds is 2. The molecular weight excluding hydrogens is 276 g/mol. The second-order valence-corrected chi connectivity index (χ2v) is 6.47. The number of nitrogen functional groups attached to an aromatic ring is 1. The van der Waals surface area contributed by atoms with Crippen LogP contribution in [0.2, 0.25) is 5.02 Å². The fourth-order valence-corrected chi connectivity index (χ4v) is 3.74. The fourth-order valence-electron chi connectivity index (χ4n) is 2.50. The number of anilines is 1. The van der Waals surface area contributed by atoms with E-state index in [4.69, 9.17) is 22.5 Å². The van der Waals surface area contributed by atoms with E-state index in [9.17, 15) is 13.5 Å². The Hall–Kier alpha value is -0.980. The Balaban J connectivity index is 2.61. The minimum atomic E-state index is -4.09. The van der Waals surface area contributed by atoms with Gasteiger partial charge in [-0.05, 0) is 30.4 Å². The van der Waals surface area contributed by atoms with Gasteiger partial charge in [0.05, 0.1) is 10.7 Å². The van der Waals surface area contributed by atoms with Crippen LogP contribution in [0.1, 0.15) is 37.2 Å². The average Bonchev–Trinajstić information content (AvgIpc) is 2.74. The Morgan fingerprint density at radius 3 is 2.39 bits per heavy atom. The lowest BCUT2D eigenvalue weighted by Gasteiger charge is -2.16. The lowest BCUT2D eigenvalue weighted by molar-refractivity contribution is 0.460. The van der Waals surface area contributed by atoms with Crippen LogP contribution in [0.3, 0.4) is 0 Å². The van der Waals surface area contributed by atoms with E-state index in [1.807, 2.05) is 0 Å². The Labute approximate surface area is 111 Å². The monoisotopic (exact) mass is 290 g/mol. The molecular formula is C11H15ClN2O3S. The summed E-state index contributed by atoms with van der Waals surface area (Å²) >= 11 is 5.89. The van der Waals surface area contributed by atoms with Crippen LogP contribution in [0.15, 0.2) is 11.0 Å². The first-order valence-electron chi connectivity index (χ1n) is 5.66. The van der Waals surface area contributed by atoms with E-state index in [1.165, 1.54) is 6.07 Å². The van der Waals surface area contributed by atoms with E-state index in [2.05, 4.69) is 0 Å². The third kappa shape index (κ3) is 2.28. The van der Waals surface area contributed by atoms with E-state index in [-0.39, 0.29) is 16.6 Å². The second kappa shape index (κ2) is 4.60. The summed E-state index contributed by atoms with van der Waals surface area (Å²) in [5.74, 6) is -0.310. The van der Waals surface area contributed by atoms with Crippen molar-refractivity contribution in [3.05, 3.63) is 16.7 Å². The van der Waals surface area contributed by atoms with Crippen molar-refractivity contribution in [2.45, 2.75) is 36.5 Å². The molecule has 0 atom stereocenters. The van der Waals surface area contributed by atoms with Crippen molar-refractivity contribution in [2.24, 2.45) is 5.14 Å². The summed E-state index contributed by atoms with van der Waals surface area (Å²) in [7, 11) is -4.09. The second-order valence-electron chi connectivity index (χ2n) is 4.57. The highest BCUT2D eigenvalue weighted by Gasteiger charge is 2.27. The minimum absolute atomic E-state index is 0.0651. The summed E-state index contributed by atoms with van der Waals surface area (Å²) in [5.41, 5.74) is 6.58. The Kier molecular flexibility index (Phi) is 3.44. The van der Waals surface area contributed by atoms with Crippen molar-refractivity contribution in [3.8, 4) is 5.75 Å². The summed E-state index contributed by atoms with van der Waals surface area (Å²) in [4.78, 5) is -0.497. The number of primary sulfonamides is 1. The zero-order valence-corrected chi connectivity index (χ0v) is 11.3. The lowest BCUT2D eigenvalue weighted by atomic mass is 9.95. The van der Waals surface area contributed by atoms with Crippen LogP contribution in [-0.2, 0) is 10.0 Å². The highest BCUT2D eigenvalue weighted by atomic mass is 35.5. The molecule has 0 heterocycles. The van der Waals surface area contributed by atoms with Gasteiger partial charge in [-0.3, -0.25) is 0 Å². The molecule has 0 spiro atoms. The van der Waals surface area contributed by atoms with E-state index in [1.54, 1.807) is 0 Å². The standard InChI is InChI=1S/C11H15ClN2O3S/c12-8-5-7(6-3-1-2-4-6)9(13)10(15)11(8)18(14,16)17/h5-6,15H,1-4,13H2,(H2,14,16,17). The first kappa shape index (κ1) is 13.5. The molecule has 0 saturated heterocycles. The molecule has 1 fully saturated rings. The molecule has 2 rings (SSSR count). The predicted molar refractivity (Wildman–Crippen MR) is 70.1 cm³/mol. The number of aromatic hydroxyl groups is 1. The van der Waals surface area contributed by atoms with Gasteiger partial charge in [0.15, 0.2) is 5.75 Å². The molecule has 7 heteroatoms. The van der Waals surface area contributed by atoms with Gasteiger partial charge in [0.25, 0.3) is 0 Å². The number of benzene rings is 1. The Morgan fingerprint density at radius 2 is 1.89 bits per heavy atom. The topological polar surface area (TPSA) is 106 Å². The molecule has 5 nitrogen and oxygen atoms in total. The van der Waals surface area contributed by atoms with Gasteiger partial charge in [-0.2, -0.15) is 0 Å². The largest absolute Gasteiger partial charge is 0.504 e. The number of phenols is 1. The average molecular weight is 291 g/mol. The molecule has 1 aromatic carbocycles. The van der Waals surface area contributed by atoms with Gasteiger partial charge in [-0.15, -0.1) is 0 Å². The van der Waals surface area contributed by atoms with Crippen LogP contribution >= 0.6 is 11.6 Å². The zero-order valence-electron chi connectivity index (χ0n) is 9.69. The molecule has 0 aromatic heterocycles. The molecule has 100 valence electrons. The first-order valence-corrected chi connectivity index (χ1v) is 7.58. The molecule has 0 unspecified atom stereocenters. The van der Waals surface area contributed by atoms with Gasteiger partial charge in [-0.1, -0.05) is 24.4 Å². The molecule has 0 amide bonds. The zero-order chi connectivity index (χ0) is 13.5. The summed E-state index contributed by atoms with van der Waals surface area (Å²) < 4.78 is 22.7. The van der Waals surface area contributed by atoms with Crippen LogP contribution in [0.25, 0.3) is 0 Å². The van der Waals surface area contributed by atoms with Crippen molar-refractivity contribution in [1.82, 2.24) is 0 Å². The minimum Gasteiger partial charge on any atom is -0.504 e. The summed E-state index contributed by atoms with van der Waals surface area (Å²) in [6.07, 6.45) is 4.13. The number of phenolic OH excluding ortho intramolecular Hbond substituents is 1. The number of hydrogen-bond donors (Lipinski definition) is 3. The molecule has 1 aliphatic carbocycles.